The standard InChI is InChI=1S/C15H22N2/c1-4-6-7-8-15(17-10-5-2)14-12-16-11-9-13(14)3/h9,11-12,15,17H,5,7-8,10H2,1-3H3. The van der Waals surface area contributed by atoms with Crippen LogP contribution in [-0.4, -0.2) is 11.5 Å². The minimum atomic E-state index is 0.379. The summed E-state index contributed by atoms with van der Waals surface area (Å²) in [7, 11) is 0. The second kappa shape index (κ2) is 7.86. The molecule has 1 rings (SSSR count). The van der Waals surface area contributed by atoms with Gasteiger partial charge in [0.05, 0.1) is 0 Å². The fourth-order valence-corrected chi connectivity index (χ4v) is 1.87. The third-order valence-electron chi connectivity index (χ3n) is 2.83. The van der Waals surface area contributed by atoms with Gasteiger partial charge in [-0.2, -0.15) is 0 Å². The lowest BCUT2D eigenvalue weighted by Gasteiger charge is -2.19. The molecule has 1 unspecified atom stereocenters. The van der Waals surface area contributed by atoms with E-state index in [0.29, 0.717) is 6.04 Å². The molecule has 0 spiro atoms. The minimum Gasteiger partial charge on any atom is -0.310 e. The summed E-state index contributed by atoms with van der Waals surface area (Å²) in [4.78, 5) is 4.23. The molecule has 1 aromatic heterocycles. The first kappa shape index (κ1) is 13.7. The summed E-state index contributed by atoms with van der Waals surface area (Å²) in [6.45, 7) is 7.26. The van der Waals surface area contributed by atoms with Crippen molar-refractivity contribution in [2.45, 2.75) is 46.1 Å². The number of aryl methyl sites for hydroxylation is 1. The van der Waals surface area contributed by atoms with E-state index >= 15 is 0 Å². The number of pyridine rings is 1. The molecular weight excluding hydrogens is 208 g/mol. The van der Waals surface area contributed by atoms with Gasteiger partial charge in [-0.25, -0.2) is 0 Å². The van der Waals surface area contributed by atoms with Crippen LogP contribution in [0.3, 0.4) is 0 Å². The van der Waals surface area contributed by atoms with Crippen molar-refractivity contribution in [2.24, 2.45) is 0 Å². The van der Waals surface area contributed by atoms with Crippen LogP contribution in [0.1, 0.15) is 50.3 Å². The lowest BCUT2D eigenvalue weighted by Crippen LogP contribution is -2.23. The predicted molar refractivity (Wildman–Crippen MR) is 72.7 cm³/mol. The first-order valence-electron chi connectivity index (χ1n) is 6.33. The van der Waals surface area contributed by atoms with Crippen LogP contribution < -0.4 is 5.32 Å². The van der Waals surface area contributed by atoms with E-state index in [-0.39, 0.29) is 0 Å². The van der Waals surface area contributed by atoms with Crippen molar-refractivity contribution in [1.29, 1.82) is 0 Å². The Morgan fingerprint density at radius 1 is 1.47 bits per heavy atom. The highest BCUT2D eigenvalue weighted by Gasteiger charge is 2.12. The van der Waals surface area contributed by atoms with Crippen LogP contribution >= 0.6 is 0 Å². The maximum Gasteiger partial charge on any atom is 0.0347 e. The van der Waals surface area contributed by atoms with Gasteiger partial charge in [0.2, 0.25) is 0 Å². The van der Waals surface area contributed by atoms with Crippen molar-refractivity contribution in [1.82, 2.24) is 10.3 Å². The zero-order valence-corrected chi connectivity index (χ0v) is 11.1. The molecule has 0 aliphatic carbocycles. The second-order valence-corrected chi connectivity index (χ2v) is 4.20. The molecule has 1 aromatic rings. The van der Waals surface area contributed by atoms with Gasteiger partial charge < -0.3 is 5.32 Å². The van der Waals surface area contributed by atoms with Gasteiger partial charge in [-0.3, -0.25) is 4.98 Å². The van der Waals surface area contributed by atoms with Crippen LogP contribution in [0.15, 0.2) is 18.5 Å². The van der Waals surface area contributed by atoms with Crippen molar-refractivity contribution in [3.63, 3.8) is 0 Å². The lowest BCUT2D eigenvalue weighted by atomic mass is 9.99. The summed E-state index contributed by atoms with van der Waals surface area (Å²) in [6, 6.07) is 2.45. The normalized spacial score (nSPS) is 11.7. The molecule has 0 aliphatic rings. The zero-order valence-electron chi connectivity index (χ0n) is 11.1. The third kappa shape index (κ3) is 4.58. The molecule has 2 heteroatoms. The van der Waals surface area contributed by atoms with E-state index < -0.39 is 0 Å². The summed E-state index contributed by atoms with van der Waals surface area (Å²) in [5.41, 5.74) is 2.61. The number of hydrogen-bond donors (Lipinski definition) is 1. The van der Waals surface area contributed by atoms with E-state index in [0.717, 1.165) is 25.8 Å². The maximum absolute atomic E-state index is 4.23. The van der Waals surface area contributed by atoms with E-state index in [1.54, 1.807) is 0 Å². The van der Waals surface area contributed by atoms with Crippen molar-refractivity contribution >= 4 is 0 Å². The van der Waals surface area contributed by atoms with Crippen LogP contribution in [0, 0.1) is 18.8 Å². The van der Waals surface area contributed by atoms with Crippen molar-refractivity contribution in [3.05, 3.63) is 29.6 Å². The molecule has 0 aromatic carbocycles. The molecule has 0 aliphatic heterocycles. The number of nitrogens with one attached hydrogen (secondary N) is 1. The fraction of sp³-hybridized carbons (Fsp3) is 0.533. The summed E-state index contributed by atoms with van der Waals surface area (Å²) >= 11 is 0. The molecule has 0 saturated carbocycles. The molecule has 0 saturated heterocycles. The molecule has 1 N–H and O–H groups in total. The first-order valence-corrected chi connectivity index (χ1v) is 6.33. The Morgan fingerprint density at radius 2 is 2.29 bits per heavy atom. The van der Waals surface area contributed by atoms with E-state index in [4.69, 9.17) is 0 Å². The van der Waals surface area contributed by atoms with Gasteiger partial charge in [-0.1, -0.05) is 6.92 Å². The SMILES string of the molecule is CC#CCCC(NCCC)c1cnccc1C. The predicted octanol–water partition coefficient (Wildman–Crippen LogP) is 3.23. The summed E-state index contributed by atoms with van der Waals surface area (Å²) in [5.74, 6) is 6.09. The van der Waals surface area contributed by atoms with Gasteiger partial charge in [0.1, 0.15) is 0 Å². The molecule has 0 amide bonds. The maximum atomic E-state index is 4.23. The highest BCUT2D eigenvalue weighted by atomic mass is 14.9. The fourth-order valence-electron chi connectivity index (χ4n) is 1.87. The Labute approximate surface area is 105 Å². The number of rotatable bonds is 6. The van der Waals surface area contributed by atoms with Gasteiger partial charge >= 0.3 is 0 Å². The van der Waals surface area contributed by atoms with Gasteiger partial charge in [0.15, 0.2) is 0 Å². The first-order chi connectivity index (χ1) is 8.29. The average molecular weight is 230 g/mol. The Morgan fingerprint density at radius 3 is 2.94 bits per heavy atom. The summed E-state index contributed by atoms with van der Waals surface area (Å²) in [5, 5.41) is 3.58. The van der Waals surface area contributed by atoms with Crippen LogP contribution in [0.4, 0.5) is 0 Å². The minimum absolute atomic E-state index is 0.379. The van der Waals surface area contributed by atoms with Gasteiger partial charge in [-0.15, -0.1) is 11.8 Å². The van der Waals surface area contributed by atoms with Crippen molar-refractivity contribution in [2.75, 3.05) is 6.54 Å². The largest absolute Gasteiger partial charge is 0.310 e. The smallest absolute Gasteiger partial charge is 0.0347 e. The van der Waals surface area contributed by atoms with E-state index in [1.165, 1.54) is 11.1 Å². The zero-order chi connectivity index (χ0) is 12.5. The molecule has 2 nitrogen and oxygen atoms in total. The van der Waals surface area contributed by atoms with E-state index in [2.05, 4.69) is 42.1 Å². The third-order valence-corrected chi connectivity index (χ3v) is 2.83. The Hall–Kier alpha value is -1.33. The monoisotopic (exact) mass is 230 g/mol. The summed E-state index contributed by atoms with van der Waals surface area (Å²) in [6.07, 6.45) is 6.96. The quantitative estimate of drug-likeness (QED) is 0.759. The molecular formula is C15H22N2. The Balaban J connectivity index is 2.73. The average Bonchev–Trinajstić information content (AvgIpc) is 2.35. The Bertz CT molecular complexity index is 387. The molecule has 92 valence electrons. The highest BCUT2D eigenvalue weighted by Crippen LogP contribution is 2.20. The van der Waals surface area contributed by atoms with Crippen molar-refractivity contribution in [3.8, 4) is 11.8 Å². The van der Waals surface area contributed by atoms with E-state index in [9.17, 15) is 0 Å². The van der Waals surface area contributed by atoms with Crippen LogP contribution in [0.5, 0.6) is 0 Å². The van der Waals surface area contributed by atoms with Gasteiger partial charge in [-0.05, 0) is 50.4 Å². The lowest BCUT2D eigenvalue weighted by molar-refractivity contribution is 0.502. The number of hydrogen-bond acceptors (Lipinski definition) is 2. The van der Waals surface area contributed by atoms with Gasteiger partial charge in [0.25, 0.3) is 0 Å². The highest BCUT2D eigenvalue weighted by molar-refractivity contribution is 5.25. The number of aromatic nitrogens is 1. The van der Waals surface area contributed by atoms with Crippen molar-refractivity contribution < 1.29 is 0 Å². The molecule has 17 heavy (non-hydrogen) atoms. The van der Waals surface area contributed by atoms with Crippen LogP contribution in [0.2, 0.25) is 0 Å². The van der Waals surface area contributed by atoms with Crippen LogP contribution in [0.25, 0.3) is 0 Å². The molecule has 0 radical (unpaired) electrons. The molecule has 0 fully saturated rings. The molecule has 1 atom stereocenters. The Kier molecular flexibility index (Phi) is 6.35. The van der Waals surface area contributed by atoms with E-state index in [1.807, 2.05) is 19.3 Å². The molecule has 0 bridgehead atoms. The summed E-state index contributed by atoms with van der Waals surface area (Å²) < 4.78 is 0. The molecule has 1 heterocycles. The van der Waals surface area contributed by atoms with Gasteiger partial charge in [0, 0.05) is 24.9 Å². The van der Waals surface area contributed by atoms with Crippen LogP contribution in [-0.2, 0) is 0 Å². The second-order valence-electron chi connectivity index (χ2n) is 4.20. The number of nitrogens with zero attached hydrogens (tertiary/aromatic N) is 1. The topological polar surface area (TPSA) is 24.9 Å².